The van der Waals surface area contributed by atoms with Crippen molar-refractivity contribution in [2.75, 3.05) is 33.5 Å². The zero-order valence-electron chi connectivity index (χ0n) is 16.5. The molecule has 0 bridgehead atoms. The van der Waals surface area contributed by atoms with Crippen molar-refractivity contribution in [2.45, 2.75) is 37.9 Å². The van der Waals surface area contributed by atoms with Crippen LogP contribution in [0, 0.1) is 0 Å². The summed E-state index contributed by atoms with van der Waals surface area (Å²) in [4.78, 5) is 5.35. The molecule has 0 aliphatic carbocycles. The van der Waals surface area contributed by atoms with E-state index in [2.05, 4.69) is 46.2 Å². The fraction of sp³-hybridized carbons (Fsp3) is 0.478. The highest BCUT2D eigenvalue weighted by Gasteiger charge is 2.36. The number of methoxy groups -OCH3 is 1. The van der Waals surface area contributed by atoms with Crippen LogP contribution in [0.5, 0.6) is 17.2 Å². The molecular weight excluding hydrogens is 352 g/mol. The summed E-state index contributed by atoms with van der Waals surface area (Å²) in [5.74, 6) is 2.49. The number of benzene rings is 2. The third-order valence-corrected chi connectivity index (χ3v) is 6.37. The summed E-state index contributed by atoms with van der Waals surface area (Å²) in [5.41, 5.74) is 2.59. The van der Waals surface area contributed by atoms with Crippen LogP contribution >= 0.6 is 0 Å². The van der Waals surface area contributed by atoms with Crippen LogP contribution in [0.25, 0.3) is 0 Å². The second-order valence-corrected chi connectivity index (χ2v) is 8.08. The zero-order chi connectivity index (χ0) is 18.9. The average Bonchev–Trinajstić information content (AvgIpc) is 3.36. The second-order valence-electron chi connectivity index (χ2n) is 8.08. The van der Waals surface area contributed by atoms with Gasteiger partial charge in [-0.3, -0.25) is 9.80 Å². The molecule has 5 nitrogen and oxygen atoms in total. The number of ether oxygens (including phenoxy) is 3. The molecule has 148 valence electrons. The van der Waals surface area contributed by atoms with Gasteiger partial charge in [-0.05, 0) is 37.4 Å². The van der Waals surface area contributed by atoms with Crippen molar-refractivity contribution in [3.8, 4) is 17.2 Å². The fourth-order valence-electron chi connectivity index (χ4n) is 4.92. The van der Waals surface area contributed by atoms with Crippen molar-refractivity contribution in [1.82, 2.24) is 9.80 Å². The predicted octanol–water partition coefficient (Wildman–Crippen LogP) is 3.32. The van der Waals surface area contributed by atoms with Crippen LogP contribution in [0.15, 0.2) is 42.5 Å². The SMILES string of the molecule is COc1cc2c(cc1CN1C[C@@H]3CCCN3C[C@H]1Cc1ccccc1)OCO2. The van der Waals surface area contributed by atoms with Gasteiger partial charge in [0.2, 0.25) is 6.79 Å². The number of nitrogens with zero attached hydrogens (tertiary/aromatic N) is 2. The summed E-state index contributed by atoms with van der Waals surface area (Å²) in [6, 6.07) is 16.1. The molecule has 5 rings (SSSR count). The van der Waals surface area contributed by atoms with E-state index >= 15 is 0 Å². The lowest BCUT2D eigenvalue weighted by molar-refractivity contribution is 0.0450. The Hall–Kier alpha value is -2.24. The van der Waals surface area contributed by atoms with Crippen LogP contribution in [0.4, 0.5) is 0 Å². The van der Waals surface area contributed by atoms with Crippen LogP contribution in [-0.4, -0.2) is 55.4 Å². The number of piperazine rings is 1. The first-order chi connectivity index (χ1) is 13.8. The average molecular weight is 380 g/mol. The van der Waals surface area contributed by atoms with Crippen molar-refractivity contribution >= 4 is 0 Å². The van der Waals surface area contributed by atoms with Crippen LogP contribution in [0.3, 0.4) is 0 Å². The fourth-order valence-corrected chi connectivity index (χ4v) is 4.92. The molecular formula is C23H28N2O3. The molecule has 0 radical (unpaired) electrons. The Kier molecular flexibility index (Phi) is 4.87. The van der Waals surface area contributed by atoms with E-state index in [1.165, 1.54) is 30.5 Å². The first-order valence-corrected chi connectivity index (χ1v) is 10.3. The molecule has 3 aliphatic heterocycles. The molecule has 3 aliphatic rings. The molecule has 2 aromatic rings. The number of rotatable bonds is 5. The van der Waals surface area contributed by atoms with Crippen molar-refractivity contribution in [3.05, 3.63) is 53.6 Å². The van der Waals surface area contributed by atoms with Gasteiger partial charge in [0.15, 0.2) is 11.5 Å². The zero-order valence-corrected chi connectivity index (χ0v) is 16.5. The highest BCUT2D eigenvalue weighted by Crippen LogP contribution is 2.39. The molecule has 0 saturated carbocycles. The highest BCUT2D eigenvalue weighted by molar-refractivity contribution is 5.51. The predicted molar refractivity (Wildman–Crippen MR) is 108 cm³/mol. The van der Waals surface area contributed by atoms with Crippen molar-refractivity contribution in [2.24, 2.45) is 0 Å². The third-order valence-electron chi connectivity index (χ3n) is 6.37. The van der Waals surface area contributed by atoms with Crippen LogP contribution in [0.2, 0.25) is 0 Å². The molecule has 0 aromatic heterocycles. The molecule has 2 aromatic carbocycles. The highest BCUT2D eigenvalue weighted by atomic mass is 16.7. The van der Waals surface area contributed by atoms with Gasteiger partial charge in [0.25, 0.3) is 0 Å². The maximum absolute atomic E-state index is 5.68. The topological polar surface area (TPSA) is 34.2 Å². The molecule has 2 saturated heterocycles. The standard InChI is InChI=1S/C23H28N2O3/c1-26-21-12-23-22(27-16-28-23)11-18(21)13-25-14-19-8-5-9-24(19)15-20(25)10-17-6-3-2-4-7-17/h2-4,6-7,11-12,19-20H,5,8-10,13-16H2,1H3/t19-,20+/m0/s1. The minimum absolute atomic E-state index is 0.291. The monoisotopic (exact) mass is 380 g/mol. The van der Waals surface area contributed by atoms with Gasteiger partial charge in [0.05, 0.1) is 7.11 Å². The largest absolute Gasteiger partial charge is 0.496 e. The molecule has 0 spiro atoms. The number of hydrogen-bond acceptors (Lipinski definition) is 5. The molecule has 2 atom stereocenters. The molecule has 5 heteroatoms. The van der Waals surface area contributed by atoms with E-state index in [0.29, 0.717) is 18.9 Å². The Morgan fingerprint density at radius 1 is 1.07 bits per heavy atom. The lowest BCUT2D eigenvalue weighted by Crippen LogP contribution is -2.56. The number of fused-ring (bicyclic) bond motifs is 2. The quantitative estimate of drug-likeness (QED) is 0.795. The smallest absolute Gasteiger partial charge is 0.231 e. The van der Waals surface area contributed by atoms with Crippen molar-refractivity contribution in [3.63, 3.8) is 0 Å². The molecule has 0 N–H and O–H groups in total. The molecule has 3 heterocycles. The number of hydrogen-bond donors (Lipinski definition) is 0. The summed E-state index contributed by atoms with van der Waals surface area (Å²) in [7, 11) is 1.73. The van der Waals surface area contributed by atoms with Crippen molar-refractivity contribution < 1.29 is 14.2 Å². The Morgan fingerprint density at radius 3 is 2.71 bits per heavy atom. The van der Waals surface area contributed by atoms with Gasteiger partial charge in [-0.25, -0.2) is 0 Å². The van der Waals surface area contributed by atoms with Crippen LogP contribution in [0.1, 0.15) is 24.0 Å². The summed E-state index contributed by atoms with van der Waals surface area (Å²) in [6.07, 6.45) is 3.72. The molecule has 28 heavy (non-hydrogen) atoms. The third kappa shape index (κ3) is 3.45. The van der Waals surface area contributed by atoms with E-state index < -0.39 is 0 Å². The van der Waals surface area contributed by atoms with Gasteiger partial charge in [-0.15, -0.1) is 0 Å². The molecule has 0 unspecified atom stereocenters. The Labute approximate surface area is 166 Å². The lowest BCUT2D eigenvalue weighted by atomic mass is 9.98. The molecule has 2 fully saturated rings. The summed E-state index contributed by atoms with van der Waals surface area (Å²) >= 11 is 0. The van der Waals surface area contributed by atoms with E-state index in [1.807, 2.05) is 6.07 Å². The van der Waals surface area contributed by atoms with Gasteiger partial charge in [0.1, 0.15) is 5.75 Å². The first-order valence-electron chi connectivity index (χ1n) is 10.3. The Bertz CT molecular complexity index is 826. The minimum atomic E-state index is 0.291. The van der Waals surface area contributed by atoms with E-state index in [0.717, 1.165) is 43.3 Å². The molecule has 0 amide bonds. The van der Waals surface area contributed by atoms with Gasteiger partial charge in [0, 0.05) is 43.3 Å². The van der Waals surface area contributed by atoms with Crippen LogP contribution < -0.4 is 14.2 Å². The second kappa shape index (κ2) is 7.64. The van der Waals surface area contributed by atoms with E-state index in [1.54, 1.807) is 7.11 Å². The summed E-state index contributed by atoms with van der Waals surface area (Å²) in [6.45, 7) is 4.68. The van der Waals surface area contributed by atoms with E-state index in [9.17, 15) is 0 Å². The first kappa shape index (κ1) is 17.8. The minimum Gasteiger partial charge on any atom is -0.496 e. The summed E-state index contributed by atoms with van der Waals surface area (Å²) in [5, 5.41) is 0. The van der Waals surface area contributed by atoms with Gasteiger partial charge >= 0.3 is 0 Å². The maximum Gasteiger partial charge on any atom is 0.231 e. The van der Waals surface area contributed by atoms with Gasteiger partial charge < -0.3 is 14.2 Å². The van der Waals surface area contributed by atoms with Crippen LogP contribution in [-0.2, 0) is 13.0 Å². The van der Waals surface area contributed by atoms with E-state index in [4.69, 9.17) is 14.2 Å². The van der Waals surface area contributed by atoms with Gasteiger partial charge in [-0.1, -0.05) is 30.3 Å². The Balaban J connectivity index is 1.41. The van der Waals surface area contributed by atoms with Crippen molar-refractivity contribution in [1.29, 1.82) is 0 Å². The Morgan fingerprint density at radius 2 is 1.89 bits per heavy atom. The summed E-state index contributed by atoms with van der Waals surface area (Å²) < 4.78 is 16.8. The normalized spacial score (nSPS) is 24.3. The van der Waals surface area contributed by atoms with Gasteiger partial charge in [-0.2, -0.15) is 0 Å². The lowest BCUT2D eigenvalue weighted by Gasteiger charge is -2.44. The van der Waals surface area contributed by atoms with E-state index in [-0.39, 0.29) is 0 Å². The maximum atomic E-state index is 5.68.